The summed E-state index contributed by atoms with van der Waals surface area (Å²) in [4.78, 5) is 10.4. The predicted octanol–water partition coefficient (Wildman–Crippen LogP) is -0.985. The molecule has 0 bridgehead atoms. The second-order valence-electron chi connectivity index (χ2n) is 3.80. The molecule has 1 rings (SSSR count). The van der Waals surface area contributed by atoms with Gasteiger partial charge in [-0.25, -0.2) is 13.1 Å². The summed E-state index contributed by atoms with van der Waals surface area (Å²) in [5.74, 6) is -0.689. The highest BCUT2D eigenvalue weighted by atomic mass is 32.2. The molecule has 0 spiro atoms. The third-order valence-electron chi connectivity index (χ3n) is 2.12. The van der Waals surface area contributed by atoms with Crippen molar-refractivity contribution in [1.29, 1.82) is 0 Å². The molecule has 0 aliphatic heterocycles. The van der Waals surface area contributed by atoms with Crippen molar-refractivity contribution in [2.45, 2.75) is 17.9 Å². The van der Waals surface area contributed by atoms with Gasteiger partial charge in [-0.15, -0.1) is 0 Å². The van der Waals surface area contributed by atoms with Gasteiger partial charge in [-0.2, -0.15) is 5.10 Å². The fourth-order valence-corrected chi connectivity index (χ4v) is 2.85. The van der Waals surface area contributed by atoms with Crippen LogP contribution in [0.1, 0.15) is 6.42 Å². The van der Waals surface area contributed by atoms with Crippen LogP contribution in [0.2, 0.25) is 0 Å². The van der Waals surface area contributed by atoms with E-state index in [0.717, 1.165) is 17.1 Å². The van der Waals surface area contributed by atoms with Crippen LogP contribution in [-0.2, 0) is 32.2 Å². The molecule has 1 heterocycles. The maximum atomic E-state index is 11.8. The summed E-state index contributed by atoms with van der Waals surface area (Å²) >= 11 is 0. The zero-order valence-electron chi connectivity index (χ0n) is 10.3. The second-order valence-corrected chi connectivity index (χ2v) is 7.12. The molecule has 8 nitrogen and oxygen atoms in total. The number of carboxylic acids is 1. The minimum absolute atomic E-state index is 0.0913. The molecule has 1 atom stereocenters. The quantitative estimate of drug-likeness (QED) is 0.596. The van der Waals surface area contributed by atoms with Crippen molar-refractivity contribution in [2.75, 3.05) is 18.6 Å². The third-order valence-corrected chi connectivity index (χ3v) is 4.40. The largest absolute Gasteiger partial charge is 0.480 e. The highest BCUT2D eigenvalue weighted by Gasteiger charge is 2.16. The molecule has 19 heavy (non-hydrogen) atoms. The zero-order chi connectivity index (χ0) is 14.5. The van der Waals surface area contributed by atoms with Crippen LogP contribution in [0.15, 0.2) is 17.3 Å². The SMILES string of the molecule is CS(=O)CCCNS(=O)(=O)c1cnn(CC(=O)O)c1. The van der Waals surface area contributed by atoms with Gasteiger partial charge in [0.15, 0.2) is 0 Å². The van der Waals surface area contributed by atoms with Gasteiger partial charge in [0.05, 0.1) is 6.20 Å². The lowest BCUT2D eigenvalue weighted by Gasteiger charge is -2.03. The number of carboxylic acid groups (broad SMARTS) is 1. The number of carbonyl (C=O) groups is 1. The van der Waals surface area contributed by atoms with Crippen molar-refractivity contribution >= 4 is 26.8 Å². The van der Waals surface area contributed by atoms with E-state index < -0.39 is 33.3 Å². The lowest BCUT2D eigenvalue weighted by Crippen LogP contribution is -2.25. The van der Waals surface area contributed by atoms with E-state index in [-0.39, 0.29) is 11.4 Å². The van der Waals surface area contributed by atoms with Gasteiger partial charge >= 0.3 is 5.97 Å². The molecule has 0 saturated heterocycles. The van der Waals surface area contributed by atoms with Crippen molar-refractivity contribution in [3.05, 3.63) is 12.4 Å². The minimum atomic E-state index is -3.70. The first-order valence-electron chi connectivity index (χ1n) is 5.35. The molecule has 10 heteroatoms. The number of rotatable bonds is 8. The van der Waals surface area contributed by atoms with Crippen molar-refractivity contribution in [3.63, 3.8) is 0 Å². The number of aromatic nitrogens is 2. The van der Waals surface area contributed by atoms with Crippen LogP contribution >= 0.6 is 0 Å². The molecule has 2 N–H and O–H groups in total. The zero-order valence-corrected chi connectivity index (χ0v) is 11.9. The Balaban J connectivity index is 2.59. The maximum Gasteiger partial charge on any atom is 0.325 e. The smallest absolute Gasteiger partial charge is 0.325 e. The molecule has 0 radical (unpaired) electrons. The number of sulfonamides is 1. The van der Waals surface area contributed by atoms with Crippen LogP contribution in [0.25, 0.3) is 0 Å². The molecule has 0 fully saturated rings. The van der Waals surface area contributed by atoms with Gasteiger partial charge in [0.1, 0.15) is 11.4 Å². The Morgan fingerprint density at radius 3 is 2.84 bits per heavy atom. The van der Waals surface area contributed by atoms with Crippen LogP contribution in [-0.4, -0.2) is 52.0 Å². The summed E-state index contributed by atoms with van der Waals surface area (Å²) in [5.41, 5.74) is 0. The Kier molecular flexibility index (Phi) is 5.63. The summed E-state index contributed by atoms with van der Waals surface area (Å²) < 4.78 is 37.7. The first-order valence-corrected chi connectivity index (χ1v) is 8.56. The first kappa shape index (κ1) is 15.8. The van der Waals surface area contributed by atoms with Gasteiger partial charge in [-0.1, -0.05) is 0 Å². The molecule has 0 aliphatic carbocycles. The van der Waals surface area contributed by atoms with Crippen LogP contribution in [0.3, 0.4) is 0 Å². The number of nitrogens with zero attached hydrogens (tertiary/aromatic N) is 2. The van der Waals surface area contributed by atoms with E-state index in [0.29, 0.717) is 12.2 Å². The van der Waals surface area contributed by atoms with E-state index >= 15 is 0 Å². The van der Waals surface area contributed by atoms with Crippen molar-refractivity contribution in [3.8, 4) is 0 Å². The average Bonchev–Trinajstić information content (AvgIpc) is 2.72. The number of aliphatic carboxylic acids is 1. The molecular formula is C9H15N3O5S2. The van der Waals surface area contributed by atoms with Gasteiger partial charge < -0.3 is 5.11 Å². The molecular weight excluding hydrogens is 294 g/mol. The molecule has 0 amide bonds. The molecule has 0 aliphatic rings. The highest BCUT2D eigenvalue weighted by molar-refractivity contribution is 7.89. The van der Waals surface area contributed by atoms with E-state index in [2.05, 4.69) is 9.82 Å². The van der Waals surface area contributed by atoms with E-state index in [1.807, 2.05) is 0 Å². The van der Waals surface area contributed by atoms with Crippen molar-refractivity contribution < 1.29 is 22.5 Å². The summed E-state index contributed by atoms with van der Waals surface area (Å²) in [6, 6.07) is 0. The maximum absolute atomic E-state index is 11.8. The van der Waals surface area contributed by atoms with Gasteiger partial charge in [0.2, 0.25) is 10.0 Å². The fourth-order valence-electron chi connectivity index (χ4n) is 1.27. The minimum Gasteiger partial charge on any atom is -0.480 e. The van der Waals surface area contributed by atoms with Crippen LogP contribution in [0, 0.1) is 0 Å². The Hall–Kier alpha value is -1.26. The van der Waals surface area contributed by atoms with Gasteiger partial charge in [-0.05, 0) is 6.42 Å². The monoisotopic (exact) mass is 309 g/mol. The third kappa shape index (κ3) is 5.49. The topological polar surface area (TPSA) is 118 Å². The van der Waals surface area contributed by atoms with Crippen LogP contribution < -0.4 is 4.72 Å². The molecule has 0 aromatic carbocycles. The summed E-state index contributed by atoms with van der Waals surface area (Å²) in [7, 11) is -4.66. The van der Waals surface area contributed by atoms with Gasteiger partial charge in [0.25, 0.3) is 0 Å². The summed E-state index contributed by atoms with van der Waals surface area (Å²) in [6.07, 6.45) is 4.24. The van der Waals surface area contributed by atoms with Crippen molar-refractivity contribution in [2.24, 2.45) is 0 Å². The molecule has 1 aromatic rings. The lowest BCUT2D eigenvalue weighted by atomic mass is 10.5. The predicted molar refractivity (Wildman–Crippen MR) is 68.6 cm³/mol. The highest BCUT2D eigenvalue weighted by Crippen LogP contribution is 2.06. The van der Waals surface area contributed by atoms with E-state index in [1.165, 1.54) is 0 Å². The summed E-state index contributed by atoms with van der Waals surface area (Å²) in [6.45, 7) is -0.226. The Labute approximate surface area is 113 Å². The Bertz CT molecular complexity index is 566. The lowest BCUT2D eigenvalue weighted by molar-refractivity contribution is -0.137. The average molecular weight is 309 g/mol. The van der Waals surface area contributed by atoms with Gasteiger partial charge in [-0.3, -0.25) is 13.7 Å². The van der Waals surface area contributed by atoms with Gasteiger partial charge in [0, 0.05) is 35.5 Å². The standard InChI is InChI=1S/C9H15N3O5S2/c1-18(15)4-2-3-11-19(16,17)8-5-10-12(6-8)7-9(13)14/h5-6,11H,2-4,7H2,1H3,(H,13,14). The fraction of sp³-hybridized carbons (Fsp3) is 0.556. The first-order chi connectivity index (χ1) is 8.81. The second kappa shape index (κ2) is 6.78. The van der Waals surface area contributed by atoms with Crippen LogP contribution in [0.4, 0.5) is 0 Å². The molecule has 1 aromatic heterocycles. The number of nitrogens with one attached hydrogen (secondary N) is 1. The van der Waals surface area contributed by atoms with Crippen molar-refractivity contribution in [1.82, 2.24) is 14.5 Å². The summed E-state index contributed by atoms with van der Waals surface area (Å²) in [5, 5.41) is 12.2. The molecule has 1 unspecified atom stereocenters. The normalized spacial score (nSPS) is 13.3. The number of hydrogen-bond acceptors (Lipinski definition) is 5. The van der Waals surface area contributed by atoms with Crippen LogP contribution in [0.5, 0.6) is 0 Å². The van der Waals surface area contributed by atoms with E-state index in [9.17, 15) is 17.4 Å². The van der Waals surface area contributed by atoms with E-state index in [1.54, 1.807) is 6.26 Å². The molecule has 0 saturated carbocycles. The van der Waals surface area contributed by atoms with E-state index in [4.69, 9.17) is 5.11 Å². The Morgan fingerprint density at radius 2 is 2.26 bits per heavy atom. The number of hydrogen-bond donors (Lipinski definition) is 2. The molecule has 108 valence electrons. The Morgan fingerprint density at radius 1 is 1.58 bits per heavy atom.